The molecule has 3 rings (SSSR count). The molecule has 1 aliphatic heterocycles. The van der Waals surface area contributed by atoms with Gasteiger partial charge < -0.3 is 10.0 Å². The fraction of sp³-hybridized carbons (Fsp3) is 0.500. The van der Waals surface area contributed by atoms with E-state index in [2.05, 4.69) is 0 Å². The molecular formula is C16H17F2NO3S. The average Bonchev–Trinajstić information content (AvgIpc) is 3.26. The maximum Gasteiger partial charge on any atom is 0.305 e. The highest BCUT2D eigenvalue weighted by atomic mass is 32.2. The van der Waals surface area contributed by atoms with Crippen molar-refractivity contribution >= 4 is 23.6 Å². The van der Waals surface area contributed by atoms with E-state index in [-0.39, 0.29) is 23.9 Å². The molecule has 1 aromatic carbocycles. The molecule has 4 nitrogen and oxygen atoms in total. The smallest absolute Gasteiger partial charge is 0.305 e. The lowest BCUT2D eigenvalue weighted by Crippen LogP contribution is -2.47. The fourth-order valence-electron chi connectivity index (χ4n) is 3.18. The lowest BCUT2D eigenvalue weighted by Gasteiger charge is -2.35. The fourth-order valence-corrected chi connectivity index (χ4v) is 4.24. The number of carboxylic acid groups (broad SMARTS) is 1. The molecule has 3 atom stereocenters. The maximum absolute atomic E-state index is 13.8. The van der Waals surface area contributed by atoms with Gasteiger partial charge in [0.1, 0.15) is 11.6 Å². The van der Waals surface area contributed by atoms with Crippen LogP contribution in [0.2, 0.25) is 0 Å². The summed E-state index contributed by atoms with van der Waals surface area (Å²) in [7, 11) is 0. The lowest BCUT2D eigenvalue weighted by molar-refractivity contribution is -0.140. The van der Waals surface area contributed by atoms with Crippen molar-refractivity contribution in [3.8, 4) is 0 Å². The minimum absolute atomic E-state index is 0.0213. The van der Waals surface area contributed by atoms with E-state index in [1.807, 2.05) is 0 Å². The monoisotopic (exact) mass is 341 g/mol. The van der Waals surface area contributed by atoms with Crippen LogP contribution in [0.1, 0.15) is 24.3 Å². The Morgan fingerprint density at radius 1 is 1.30 bits per heavy atom. The molecule has 1 aromatic rings. The third-order valence-corrected chi connectivity index (χ3v) is 5.49. The number of halogens is 2. The molecule has 0 bridgehead atoms. The second kappa shape index (κ2) is 6.47. The van der Waals surface area contributed by atoms with Gasteiger partial charge in [0, 0.05) is 35.4 Å². The molecule has 23 heavy (non-hydrogen) atoms. The van der Waals surface area contributed by atoms with Gasteiger partial charge in [-0.25, -0.2) is 8.78 Å². The number of carboxylic acids is 1. The lowest BCUT2D eigenvalue weighted by atomic mass is 10.1. The Morgan fingerprint density at radius 3 is 2.65 bits per heavy atom. The van der Waals surface area contributed by atoms with Crippen LogP contribution in [0, 0.1) is 17.6 Å². The predicted molar refractivity (Wildman–Crippen MR) is 82.3 cm³/mol. The third-order valence-electron chi connectivity index (χ3n) is 4.40. The first-order chi connectivity index (χ1) is 11.0. The molecule has 2 aliphatic rings. The topological polar surface area (TPSA) is 57.6 Å². The van der Waals surface area contributed by atoms with Crippen LogP contribution in [-0.2, 0) is 9.59 Å². The van der Waals surface area contributed by atoms with Crippen molar-refractivity contribution < 1.29 is 23.5 Å². The summed E-state index contributed by atoms with van der Waals surface area (Å²) < 4.78 is 27.6. The second-order valence-electron chi connectivity index (χ2n) is 5.94. The highest BCUT2D eigenvalue weighted by molar-refractivity contribution is 7.99. The molecule has 1 N–H and O–H groups in total. The molecule has 0 spiro atoms. The molecule has 1 aliphatic carbocycles. The van der Waals surface area contributed by atoms with E-state index in [1.165, 1.54) is 18.2 Å². The predicted octanol–water partition coefficient (Wildman–Crippen LogP) is 2.49. The van der Waals surface area contributed by atoms with Crippen LogP contribution in [0.4, 0.5) is 8.78 Å². The molecular weight excluding hydrogens is 324 g/mol. The van der Waals surface area contributed by atoms with Gasteiger partial charge in [0.05, 0.1) is 12.5 Å². The van der Waals surface area contributed by atoms with Gasteiger partial charge in [-0.2, -0.15) is 11.8 Å². The van der Waals surface area contributed by atoms with E-state index >= 15 is 0 Å². The van der Waals surface area contributed by atoms with Crippen LogP contribution in [-0.4, -0.2) is 46.0 Å². The van der Waals surface area contributed by atoms with Gasteiger partial charge in [-0.05, 0) is 18.6 Å². The van der Waals surface area contributed by atoms with E-state index in [4.69, 9.17) is 5.11 Å². The SMILES string of the molecule is O=C(O)CC1CSCCN1C(=O)C1CC1c1c(F)cccc1F. The van der Waals surface area contributed by atoms with Gasteiger partial charge in [-0.15, -0.1) is 0 Å². The van der Waals surface area contributed by atoms with Gasteiger partial charge in [0.25, 0.3) is 0 Å². The second-order valence-corrected chi connectivity index (χ2v) is 7.09. The number of rotatable bonds is 4. The van der Waals surface area contributed by atoms with E-state index in [0.717, 1.165) is 5.75 Å². The largest absolute Gasteiger partial charge is 0.481 e. The van der Waals surface area contributed by atoms with Crippen molar-refractivity contribution in [3.05, 3.63) is 35.4 Å². The Labute approximate surface area is 136 Å². The van der Waals surface area contributed by atoms with E-state index in [9.17, 15) is 18.4 Å². The van der Waals surface area contributed by atoms with Gasteiger partial charge in [0.15, 0.2) is 0 Å². The normalized spacial score (nSPS) is 26.9. The summed E-state index contributed by atoms with van der Waals surface area (Å²) in [6.07, 6.45) is 0.324. The van der Waals surface area contributed by atoms with Crippen molar-refractivity contribution in [3.63, 3.8) is 0 Å². The van der Waals surface area contributed by atoms with Crippen LogP contribution < -0.4 is 0 Å². The highest BCUT2D eigenvalue weighted by Gasteiger charge is 2.49. The zero-order valence-electron chi connectivity index (χ0n) is 12.4. The van der Waals surface area contributed by atoms with E-state index < -0.39 is 29.4 Å². The molecule has 7 heteroatoms. The van der Waals surface area contributed by atoms with Crippen LogP contribution in [0.25, 0.3) is 0 Å². The zero-order chi connectivity index (χ0) is 16.6. The summed E-state index contributed by atoms with van der Waals surface area (Å²) >= 11 is 1.62. The van der Waals surface area contributed by atoms with Crippen molar-refractivity contribution in [2.24, 2.45) is 5.92 Å². The van der Waals surface area contributed by atoms with Crippen molar-refractivity contribution in [2.75, 3.05) is 18.1 Å². The first-order valence-corrected chi connectivity index (χ1v) is 8.68. The highest BCUT2D eigenvalue weighted by Crippen LogP contribution is 2.50. The molecule has 1 amide bonds. The molecule has 1 heterocycles. The Bertz CT molecular complexity index is 620. The number of hydrogen-bond donors (Lipinski definition) is 1. The minimum atomic E-state index is -0.942. The maximum atomic E-state index is 13.8. The van der Waals surface area contributed by atoms with E-state index in [1.54, 1.807) is 16.7 Å². The summed E-state index contributed by atoms with van der Waals surface area (Å²) in [6, 6.07) is 3.36. The number of nitrogens with zero attached hydrogens (tertiary/aromatic N) is 1. The molecule has 0 radical (unpaired) electrons. The number of carbonyl (C=O) groups excluding carboxylic acids is 1. The van der Waals surface area contributed by atoms with Crippen molar-refractivity contribution in [1.82, 2.24) is 4.90 Å². The Hall–Kier alpha value is -1.63. The molecule has 2 fully saturated rings. The Kier molecular flexibility index (Phi) is 4.57. The molecule has 3 unspecified atom stereocenters. The molecule has 124 valence electrons. The standard InChI is InChI=1S/C16H17F2NO3S/c17-12-2-1-3-13(18)15(12)10-7-11(10)16(22)19-4-5-23-8-9(19)6-14(20)21/h1-3,9-11H,4-8H2,(H,20,21). The van der Waals surface area contributed by atoms with Crippen LogP contribution >= 0.6 is 11.8 Å². The Morgan fingerprint density at radius 2 is 2.00 bits per heavy atom. The number of hydrogen-bond acceptors (Lipinski definition) is 3. The summed E-state index contributed by atoms with van der Waals surface area (Å²) in [5, 5.41) is 8.98. The molecule has 1 saturated heterocycles. The number of aliphatic carboxylic acids is 1. The van der Waals surface area contributed by atoms with E-state index in [0.29, 0.717) is 18.7 Å². The minimum Gasteiger partial charge on any atom is -0.481 e. The summed E-state index contributed by atoms with van der Waals surface area (Å²) in [5.41, 5.74) is -0.0213. The van der Waals surface area contributed by atoms with Crippen LogP contribution in [0.3, 0.4) is 0 Å². The molecule has 0 aromatic heterocycles. The van der Waals surface area contributed by atoms with Gasteiger partial charge in [-0.1, -0.05) is 6.07 Å². The summed E-state index contributed by atoms with van der Waals surface area (Å²) in [4.78, 5) is 25.2. The summed E-state index contributed by atoms with van der Waals surface area (Å²) in [6.45, 7) is 0.490. The van der Waals surface area contributed by atoms with Gasteiger partial charge in [0.2, 0.25) is 5.91 Å². The number of carbonyl (C=O) groups is 2. The van der Waals surface area contributed by atoms with Gasteiger partial charge >= 0.3 is 5.97 Å². The third kappa shape index (κ3) is 3.34. The average molecular weight is 341 g/mol. The summed E-state index contributed by atoms with van der Waals surface area (Å²) in [5.74, 6) is -1.91. The van der Waals surface area contributed by atoms with Crippen molar-refractivity contribution in [2.45, 2.75) is 24.8 Å². The number of thioether (sulfide) groups is 1. The zero-order valence-corrected chi connectivity index (χ0v) is 13.2. The van der Waals surface area contributed by atoms with Crippen molar-refractivity contribution in [1.29, 1.82) is 0 Å². The quantitative estimate of drug-likeness (QED) is 0.914. The van der Waals surface area contributed by atoms with Crippen LogP contribution in [0.15, 0.2) is 18.2 Å². The number of benzene rings is 1. The van der Waals surface area contributed by atoms with Crippen LogP contribution in [0.5, 0.6) is 0 Å². The first-order valence-electron chi connectivity index (χ1n) is 7.53. The Balaban J connectivity index is 1.73. The molecule has 1 saturated carbocycles. The first kappa shape index (κ1) is 16.2. The number of amides is 1. The van der Waals surface area contributed by atoms with Gasteiger partial charge in [-0.3, -0.25) is 9.59 Å².